The van der Waals surface area contributed by atoms with Crippen LogP contribution in [0, 0.1) is 0 Å². The second-order valence-electron chi connectivity index (χ2n) is 2.86. The second kappa shape index (κ2) is 4.99. The molecule has 0 aromatic heterocycles. The van der Waals surface area contributed by atoms with Crippen molar-refractivity contribution in [2.24, 2.45) is 5.73 Å². The van der Waals surface area contributed by atoms with Crippen molar-refractivity contribution in [1.82, 2.24) is 0 Å². The summed E-state index contributed by atoms with van der Waals surface area (Å²) in [6, 6.07) is 7.35. The number of fused-ring (bicyclic) bond motifs is 1. The van der Waals surface area contributed by atoms with Gasteiger partial charge in [-0.25, -0.2) is 4.79 Å². The Hall–Kier alpha value is -2.04. The number of amides is 1. The number of primary amides is 1. The molecule has 0 aliphatic carbocycles. The third kappa shape index (κ3) is 3.30. The summed E-state index contributed by atoms with van der Waals surface area (Å²) in [5.74, 6) is 0.913. The van der Waals surface area contributed by atoms with Crippen LogP contribution in [0.25, 0.3) is 0 Å². The summed E-state index contributed by atoms with van der Waals surface area (Å²) in [5.41, 5.74) is 4.75. The standard InChI is InChI=1S/C9H8O2.CH3NO2/c10-8-5-6-11-9-4-2-1-3-7(8)9;2-1(3)4/h1-4H,5-6H2;2H2,(H,3,4). The smallest absolute Gasteiger partial charge is 0.402 e. The van der Waals surface area contributed by atoms with Crippen LogP contribution in [0.3, 0.4) is 0 Å². The lowest BCUT2D eigenvalue weighted by atomic mass is 10.1. The highest BCUT2D eigenvalue weighted by Crippen LogP contribution is 2.23. The predicted octanol–water partition coefficient (Wildman–Crippen LogP) is 1.27. The number of hydrogen-bond donors (Lipinski definition) is 2. The SMILES string of the molecule is NC(=O)O.O=C1CCOc2ccccc21. The van der Waals surface area contributed by atoms with E-state index < -0.39 is 6.09 Å². The van der Waals surface area contributed by atoms with Crippen LogP contribution in [0.5, 0.6) is 5.75 Å². The van der Waals surface area contributed by atoms with Gasteiger partial charge in [0.05, 0.1) is 12.2 Å². The molecule has 1 heterocycles. The van der Waals surface area contributed by atoms with Gasteiger partial charge in [0, 0.05) is 6.42 Å². The van der Waals surface area contributed by atoms with Crippen LogP contribution in [0.1, 0.15) is 16.8 Å². The number of carboxylic acid groups (broad SMARTS) is 1. The first-order valence-electron chi connectivity index (χ1n) is 4.34. The number of nitrogens with two attached hydrogens (primary N) is 1. The molecule has 0 bridgehead atoms. The lowest BCUT2D eigenvalue weighted by Crippen LogP contribution is -2.14. The Morgan fingerprint density at radius 2 is 2.00 bits per heavy atom. The van der Waals surface area contributed by atoms with Crippen molar-refractivity contribution in [2.75, 3.05) is 6.61 Å². The van der Waals surface area contributed by atoms with Gasteiger partial charge in [0.2, 0.25) is 0 Å². The summed E-state index contributed by atoms with van der Waals surface area (Å²) in [6.45, 7) is 0.524. The first kappa shape index (κ1) is 11.0. The van der Waals surface area contributed by atoms with Crippen molar-refractivity contribution >= 4 is 11.9 Å². The molecule has 3 N–H and O–H groups in total. The van der Waals surface area contributed by atoms with E-state index >= 15 is 0 Å². The molecule has 1 aromatic rings. The number of carbonyl (C=O) groups excluding carboxylic acids is 1. The third-order valence-corrected chi connectivity index (χ3v) is 1.77. The fourth-order valence-corrected chi connectivity index (χ4v) is 1.21. The van der Waals surface area contributed by atoms with Gasteiger partial charge in [-0.1, -0.05) is 12.1 Å². The molecule has 1 amide bonds. The molecule has 80 valence electrons. The molecule has 0 fully saturated rings. The number of carbonyl (C=O) groups is 2. The maximum Gasteiger partial charge on any atom is 0.402 e. The van der Waals surface area contributed by atoms with Crippen molar-refractivity contribution < 1.29 is 19.4 Å². The Morgan fingerprint density at radius 3 is 2.60 bits per heavy atom. The largest absolute Gasteiger partial charge is 0.492 e. The van der Waals surface area contributed by atoms with Crippen molar-refractivity contribution in [1.29, 1.82) is 0 Å². The summed E-state index contributed by atoms with van der Waals surface area (Å²) >= 11 is 0. The van der Waals surface area contributed by atoms with E-state index in [1.165, 1.54) is 0 Å². The van der Waals surface area contributed by atoms with Gasteiger partial charge in [0.1, 0.15) is 5.75 Å². The molecule has 0 spiro atoms. The van der Waals surface area contributed by atoms with E-state index in [0.29, 0.717) is 13.0 Å². The van der Waals surface area contributed by atoms with E-state index in [1.54, 1.807) is 6.07 Å². The summed E-state index contributed by atoms with van der Waals surface area (Å²) in [4.78, 5) is 20.0. The molecule has 0 radical (unpaired) electrons. The number of benzene rings is 1. The average Bonchev–Trinajstić information content (AvgIpc) is 2.18. The maximum atomic E-state index is 11.2. The van der Waals surface area contributed by atoms with E-state index in [4.69, 9.17) is 14.6 Å². The molecule has 5 nitrogen and oxygen atoms in total. The van der Waals surface area contributed by atoms with Crippen LogP contribution in [-0.4, -0.2) is 23.6 Å². The van der Waals surface area contributed by atoms with Gasteiger partial charge in [-0.05, 0) is 12.1 Å². The zero-order chi connectivity index (χ0) is 11.3. The third-order valence-electron chi connectivity index (χ3n) is 1.77. The first-order valence-corrected chi connectivity index (χ1v) is 4.34. The average molecular weight is 209 g/mol. The summed E-state index contributed by atoms with van der Waals surface area (Å²) < 4.78 is 5.27. The fraction of sp³-hybridized carbons (Fsp3) is 0.200. The van der Waals surface area contributed by atoms with Gasteiger partial charge >= 0.3 is 6.09 Å². The van der Waals surface area contributed by atoms with Crippen molar-refractivity contribution in [2.45, 2.75) is 6.42 Å². The summed E-state index contributed by atoms with van der Waals surface area (Å²) in [5, 5.41) is 7.19. The Labute approximate surface area is 86.5 Å². The Bertz CT molecular complexity index is 371. The van der Waals surface area contributed by atoms with E-state index in [-0.39, 0.29) is 5.78 Å². The van der Waals surface area contributed by atoms with Gasteiger partial charge in [-0.3, -0.25) is 4.79 Å². The van der Waals surface area contributed by atoms with Crippen molar-refractivity contribution in [3.8, 4) is 5.75 Å². The predicted molar refractivity (Wildman–Crippen MR) is 53.1 cm³/mol. The zero-order valence-electron chi connectivity index (χ0n) is 7.97. The van der Waals surface area contributed by atoms with E-state index in [1.807, 2.05) is 18.2 Å². The minimum atomic E-state index is -1.33. The molecule has 1 aliphatic heterocycles. The molecule has 2 rings (SSSR count). The molecule has 0 atom stereocenters. The minimum absolute atomic E-state index is 0.187. The Kier molecular flexibility index (Phi) is 3.68. The van der Waals surface area contributed by atoms with Crippen LogP contribution < -0.4 is 10.5 Å². The molecular formula is C10H11NO4. The topological polar surface area (TPSA) is 89.6 Å². The monoisotopic (exact) mass is 209 g/mol. The Balaban J connectivity index is 0.000000245. The number of para-hydroxylation sites is 1. The highest BCUT2D eigenvalue weighted by molar-refractivity contribution is 5.99. The number of hydrogen-bond acceptors (Lipinski definition) is 3. The number of ketones is 1. The minimum Gasteiger partial charge on any atom is -0.492 e. The van der Waals surface area contributed by atoms with Gasteiger partial charge < -0.3 is 15.6 Å². The second-order valence-corrected chi connectivity index (χ2v) is 2.86. The van der Waals surface area contributed by atoms with Gasteiger partial charge in [-0.2, -0.15) is 0 Å². The normalized spacial score (nSPS) is 12.9. The van der Waals surface area contributed by atoms with Gasteiger partial charge in [-0.15, -0.1) is 0 Å². The quantitative estimate of drug-likeness (QED) is 0.673. The lowest BCUT2D eigenvalue weighted by Gasteiger charge is -2.14. The molecule has 15 heavy (non-hydrogen) atoms. The summed E-state index contributed by atoms with van der Waals surface area (Å²) in [7, 11) is 0. The van der Waals surface area contributed by atoms with Crippen LogP contribution in [0.2, 0.25) is 0 Å². The van der Waals surface area contributed by atoms with E-state index in [9.17, 15) is 4.79 Å². The van der Waals surface area contributed by atoms with Gasteiger partial charge in [0.15, 0.2) is 5.78 Å². The lowest BCUT2D eigenvalue weighted by molar-refractivity contribution is 0.0933. The molecule has 1 aliphatic rings. The number of Topliss-reactive ketones (excluding diaryl/α,β-unsaturated/α-hetero) is 1. The first-order chi connectivity index (χ1) is 7.11. The van der Waals surface area contributed by atoms with Crippen molar-refractivity contribution in [3.05, 3.63) is 29.8 Å². The van der Waals surface area contributed by atoms with Crippen LogP contribution >= 0.6 is 0 Å². The molecule has 0 saturated carbocycles. The molecule has 5 heteroatoms. The molecule has 1 aromatic carbocycles. The number of rotatable bonds is 0. The van der Waals surface area contributed by atoms with Crippen molar-refractivity contribution in [3.63, 3.8) is 0 Å². The maximum absolute atomic E-state index is 11.2. The number of ether oxygens (including phenoxy) is 1. The molecular weight excluding hydrogens is 198 g/mol. The molecule has 0 unspecified atom stereocenters. The van der Waals surface area contributed by atoms with E-state index in [0.717, 1.165) is 11.3 Å². The van der Waals surface area contributed by atoms with Crippen LogP contribution in [0.4, 0.5) is 4.79 Å². The zero-order valence-corrected chi connectivity index (χ0v) is 7.97. The highest BCUT2D eigenvalue weighted by atomic mass is 16.5. The van der Waals surface area contributed by atoms with Crippen LogP contribution in [-0.2, 0) is 0 Å². The van der Waals surface area contributed by atoms with Crippen LogP contribution in [0.15, 0.2) is 24.3 Å². The summed E-state index contributed by atoms with van der Waals surface area (Å²) in [6.07, 6.45) is -0.822. The highest BCUT2D eigenvalue weighted by Gasteiger charge is 2.16. The Morgan fingerprint density at radius 1 is 1.40 bits per heavy atom. The van der Waals surface area contributed by atoms with E-state index in [2.05, 4.69) is 5.73 Å². The fourth-order valence-electron chi connectivity index (χ4n) is 1.21. The van der Waals surface area contributed by atoms with Gasteiger partial charge in [0.25, 0.3) is 0 Å². The molecule has 0 saturated heterocycles.